The van der Waals surface area contributed by atoms with Crippen molar-refractivity contribution in [3.05, 3.63) is 64.1 Å². The van der Waals surface area contributed by atoms with Gasteiger partial charge in [0.1, 0.15) is 18.0 Å². The average Bonchev–Trinajstić information content (AvgIpc) is 2.79. The van der Waals surface area contributed by atoms with Gasteiger partial charge in [-0.3, -0.25) is 0 Å². The van der Waals surface area contributed by atoms with Gasteiger partial charge in [0.2, 0.25) is 0 Å². The number of hydrogen-bond donors (Lipinski definition) is 5. The lowest BCUT2D eigenvalue weighted by Crippen LogP contribution is -2.24. The Balaban J connectivity index is 2.33. The van der Waals surface area contributed by atoms with Gasteiger partial charge in [-0.2, -0.15) is 5.26 Å². The zero-order valence-electron chi connectivity index (χ0n) is 17.8. The summed E-state index contributed by atoms with van der Waals surface area (Å²) in [6.07, 6.45) is 3.09. The van der Waals surface area contributed by atoms with Gasteiger partial charge in [-0.15, -0.1) is 0 Å². The number of nitriles is 1. The van der Waals surface area contributed by atoms with Crippen LogP contribution in [0.3, 0.4) is 0 Å². The van der Waals surface area contributed by atoms with Crippen molar-refractivity contribution in [3.8, 4) is 11.8 Å². The van der Waals surface area contributed by atoms with Crippen LogP contribution in [-0.2, 0) is 0 Å². The van der Waals surface area contributed by atoms with Crippen molar-refractivity contribution < 1.29 is 9.13 Å². The molecule has 1 aromatic carbocycles. The predicted molar refractivity (Wildman–Crippen MR) is 123 cm³/mol. The smallest absolute Gasteiger partial charge is 0.166 e. The van der Waals surface area contributed by atoms with Crippen LogP contribution in [0.25, 0.3) is 11.4 Å². The third-order valence-corrected chi connectivity index (χ3v) is 5.03. The van der Waals surface area contributed by atoms with Gasteiger partial charge < -0.3 is 31.9 Å². The van der Waals surface area contributed by atoms with Gasteiger partial charge in [-0.05, 0) is 38.1 Å². The molecule has 0 saturated carbocycles. The Hall–Kier alpha value is -4.19. The Morgan fingerprint density at radius 1 is 1.44 bits per heavy atom. The SMILES string of the molecule is CCN/C1=C(\C=N)CN/C(=C(/C#N)C=N)c2ccc(F)cc2C(C)Oc2cc1cnc2N. The number of benzene rings is 1. The second-order valence-corrected chi connectivity index (χ2v) is 7.07. The number of pyridine rings is 1. The lowest BCUT2D eigenvalue weighted by molar-refractivity contribution is 0.226. The molecule has 6 N–H and O–H groups in total. The van der Waals surface area contributed by atoms with Gasteiger partial charge in [0.05, 0.1) is 11.3 Å². The molecule has 1 aromatic heterocycles. The maximum atomic E-state index is 14.2. The van der Waals surface area contributed by atoms with Gasteiger partial charge in [0.25, 0.3) is 0 Å². The van der Waals surface area contributed by atoms with Gasteiger partial charge in [0, 0.05) is 59.7 Å². The molecule has 8 nitrogen and oxygen atoms in total. The Morgan fingerprint density at radius 2 is 2.22 bits per heavy atom. The minimum atomic E-state index is -0.643. The number of aromatic nitrogens is 1. The molecule has 9 heteroatoms. The number of ether oxygens (including phenoxy) is 1. The highest BCUT2D eigenvalue weighted by molar-refractivity contribution is 5.95. The first-order valence-electron chi connectivity index (χ1n) is 10.0. The molecule has 2 heterocycles. The molecular formula is C23H24FN7O. The van der Waals surface area contributed by atoms with Gasteiger partial charge in [-0.1, -0.05) is 0 Å². The maximum Gasteiger partial charge on any atom is 0.166 e. The summed E-state index contributed by atoms with van der Waals surface area (Å²) in [4.78, 5) is 4.23. The highest BCUT2D eigenvalue weighted by atomic mass is 19.1. The molecule has 2 aromatic rings. The van der Waals surface area contributed by atoms with Crippen LogP contribution in [0.1, 0.15) is 36.6 Å². The Bertz CT molecular complexity index is 1160. The van der Waals surface area contributed by atoms with E-state index in [2.05, 4.69) is 15.6 Å². The fourth-order valence-electron chi connectivity index (χ4n) is 3.51. The maximum absolute atomic E-state index is 14.2. The minimum absolute atomic E-state index is 0.0659. The molecule has 0 saturated heterocycles. The fraction of sp³-hybridized carbons (Fsp3) is 0.217. The van der Waals surface area contributed by atoms with Crippen LogP contribution in [-0.4, -0.2) is 30.5 Å². The van der Waals surface area contributed by atoms with Gasteiger partial charge in [0.15, 0.2) is 11.6 Å². The minimum Gasteiger partial charge on any atom is -0.482 e. The topological polar surface area (TPSA) is 144 Å². The van der Waals surface area contributed by atoms with Crippen molar-refractivity contribution in [2.75, 3.05) is 18.8 Å². The normalized spacial score (nSPS) is 19.6. The summed E-state index contributed by atoms with van der Waals surface area (Å²) in [6.45, 7) is 4.44. The number of fused-ring (bicyclic) bond motifs is 3. The van der Waals surface area contributed by atoms with Crippen molar-refractivity contribution in [1.29, 1.82) is 16.1 Å². The van der Waals surface area contributed by atoms with E-state index in [1.807, 2.05) is 13.0 Å². The molecule has 1 aliphatic heterocycles. The van der Waals surface area contributed by atoms with Crippen molar-refractivity contribution in [2.45, 2.75) is 20.0 Å². The summed E-state index contributed by atoms with van der Waals surface area (Å²) in [5.41, 5.74) is 9.35. The highest BCUT2D eigenvalue weighted by Crippen LogP contribution is 2.33. The van der Waals surface area contributed by atoms with E-state index >= 15 is 0 Å². The van der Waals surface area contributed by atoms with Gasteiger partial charge in [-0.25, -0.2) is 9.37 Å². The molecule has 164 valence electrons. The van der Waals surface area contributed by atoms with Gasteiger partial charge >= 0.3 is 0 Å². The highest BCUT2D eigenvalue weighted by Gasteiger charge is 2.22. The molecule has 32 heavy (non-hydrogen) atoms. The number of nitrogens with one attached hydrogen (secondary N) is 4. The lowest BCUT2D eigenvalue weighted by Gasteiger charge is -2.24. The second-order valence-electron chi connectivity index (χ2n) is 7.07. The van der Waals surface area contributed by atoms with E-state index < -0.39 is 11.9 Å². The molecule has 0 radical (unpaired) electrons. The monoisotopic (exact) mass is 433 g/mol. The van der Waals surface area contributed by atoms with E-state index in [1.165, 1.54) is 24.4 Å². The van der Waals surface area contributed by atoms with Crippen molar-refractivity contribution in [3.63, 3.8) is 0 Å². The Morgan fingerprint density at radius 3 is 2.88 bits per heavy atom. The Labute approximate surface area is 185 Å². The summed E-state index contributed by atoms with van der Waals surface area (Å²) in [6, 6.07) is 7.89. The fourth-order valence-corrected chi connectivity index (χ4v) is 3.51. The lowest BCUT2D eigenvalue weighted by atomic mass is 9.97. The molecule has 0 amide bonds. The number of nitrogen functional groups attached to an aromatic ring is 1. The van der Waals surface area contributed by atoms with Crippen LogP contribution in [0.2, 0.25) is 0 Å². The Kier molecular flexibility index (Phi) is 6.85. The molecule has 3 rings (SSSR count). The summed E-state index contributed by atoms with van der Waals surface area (Å²) in [5, 5.41) is 31.7. The van der Waals surface area contributed by atoms with Crippen LogP contribution in [0.15, 0.2) is 41.6 Å². The third kappa shape index (κ3) is 4.44. The summed E-state index contributed by atoms with van der Waals surface area (Å²) < 4.78 is 20.3. The molecule has 1 unspecified atom stereocenters. The molecule has 1 atom stereocenters. The first-order valence-corrected chi connectivity index (χ1v) is 10.0. The molecule has 0 fully saturated rings. The third-order valence-electron chi connectivity index (χ3n) is 5.03. The number of anilines is 1. The number of rotatable bonds is 4. The van der Waals surface area contributed by atoms with Crippen molar-refractivity contribution in [1.82, 2.24) is 15.6 Å². The first kappa shape index (κ1) is 22.5. The number of halogens is 1. The second kappa shape index (κ2) is 9.75. The molecule has 0 spiro atoms. The average molecular weight is 433 g/mol. The zero-order chi connectivity index (χ0) is 23.3. The van der Waals surface area contributed by atoms with Crippen LogP contribution >= 0.6 is 0 Å². The molecule has 2 bridgehead atoms. The van der Waals surface area contributed by atoms with E-state index in [0.29, 0.717) is 46.0 Å². The zero-order valence-corrected chi connectivity index (χ0v) is 17.8. The van der Waals surface area contributed by atoms with Crippen molar-refractivity contribution >= 4 is 29.6 Å². The summed E-state index contributed by atoms with van der Waals surface area (Å²) in [7, 11) is 0. The summed E-state index contributed by atoms with van der Waals surface area (Å²) in [5.74, 6) is 0.0267. The largest absolute Gasteiger partial charge is 0.482 e. The number of nitrogens with zero attached hydrogens (tertiary/aromatic N) is 2. The molecular weight excluding hydrogens is 409 g/mol. The van der Waals surface area contributed by atoms with Crippen LogP contribution in [0.5, 0.6) is 5.75 Å². The summed E-state index contributed by atoms with van der Waals surface area (Å²) >= 11 is 0. The number of hydrogen-bond acceptors (Lipinski definition) is 8. The van der Waals surface area contributed by atoms with E-state index in [1.54, 1.807) is 19.2 Å². The quantitative estimate of drug-likeness (QED) is 0.369. The van der Waals surface area contributed by atoms with E-state index in [4.69, 9.17) is 21.3 Å². The van der Waals surface area contributed by atoms with E-state index in [0.717, 1.165) is 6.21 Å². The standard InChI is InChI=1S/C23H24FN7O/c1-3-29-21-14-6-20(23(28)31-11-14)32-13(2)19-7-17(24)4-5-18(19)22(15(8-25)9-26)30-12-16(21)10-27/h4-8,10-11,13,25,27,29-30H,3,12H2,1-2H3,(H2,28,31)/b21-16+,22-15+,25-8?,27-10?. The number of allylic oxidation sites excluding steroid dienone is 1. The number of nitrogens with two attached hydrogens (primary N) is 1. The van der Waals surface area contributed by atoms with Crippen molar-refractivity contribution in [2.24, 2.45) is 0 Å². The predicted octanol–water partition coefficient (Wildman–Crippen LogP) is 3.40. The molecule has 1 aliphatic rings. The van der Waals surface area contributed by atoms with Crippen LogP contribution in [0, 0.1) is 28.0 Å². The van der Waals surface area contributed by atoms with Crippen LogP contribution < -0.4 is 21.1 Å². The van der Waals surface area contributed by atoms with Crippen LogP contribution in [0.4, 0.5) is 10.2 Å². The first-order chi connectivity index (χ1) is 15.4. The van der Waals surface area contributed by atoms with E-state index in [-0.39, 0.29) is 17.9 Å². The molecule has 0 aliphatic carbocycles. The van der Waals surface area contributed by atoms with E-state index in [9.17, 15) is 9.65 Å².